The Bertz CT molecular complexity index is 384. The highest BCUT2D eigenvalue weighted by Gasteiger charge is 2.06. The molecule has 1 aromatic rings. The van der Waals surface area contributed by atoms with Gasteiger partial charge in [0.2, 0.25) is 5.91 Å². The largest absolute Gasteiger partial charge is 0.355 e. The van der Waals surface area contributed by atoms with Crippen LogP contribution in [0.15, 0.2) is 6.20 Å². The van der Waals surface area contributed by atoms with Crippen LogP contribution in [0.3, 0.4) is 0 Å². The molecule has 5 heteroatoms. The number of rotatable bonds is 7. The predicted molar refractivity (Wildman–Crippen MR) is 72.1 cm³/mol. The van der Waals surface area contributed by atoms with Crippen LogP contribution >= 0.6 is 0 Å². The minimum absolute atomic E-state index is 0.0469. The zero-order valence-corrected chi connectivity index (χ0v) is 11.8. The summed E-state index contributed by atoms with van der Waals surface area (Å²) in [5, 5.41) is 10.4. The fourth-order valence-electron chi connectivity index (χ4n) is 1.72. The van der Waals surface area contributed by atoms with E-state index in [0.29, 0.717) is 19.0 Å². The summed E-state index contributed by atoms with van der Waals surface area (Å²) in [6, 6.07) is 0. The van der Waals surface area contributed by atoms with Gasteiger partial charge in [-0.15, -0.1) is 0 Å². The summed E-state index contributed by atoms with van der Waals surface area (Å²) < 4.78 is 1.81. The zero-order chi connectivity index (χ0) is 13.5. The summed E-state index contributed by atoms with van der Waals surface area (Å²) >= 11 is 0. The van der Waals surface area contributed by atoms with Crippen LogP contribution in [0.25, 0.3) is 0 Å². The lowest BCUT2D eigenvalue weighted by atomic mass is 10.2. The van der Waals surface area contributed by atoms with Gasteiger partial charge in [0.1, 0.15) is 0 Å². The molecule has 0 aliphatic heterocycles. The zero-order valence-electron chi connectivity index (χ0n) is 11.8. The van der Waals surface area contributed by atoms with E-state index >= 15 is 0 Å². The smallest absolute Gasteiger partial charge is 0.233 e. The van der Waals surface area contributed by atoms with Gasteiger partial charge >= 0.3 is 0 Å². The molecule has 18 heavy (non-hydrogen) atoms. The average Bonchev–Trinajstić information content (AvgIpc) is 2.67. The molecule has 0 atom stereocenters. The molecule has 0 spiro atoms. The molecule has 0 radical (unpaired) electrons. The van der Waals surface area contributed by atoms with Crippen molar-refractivity contribution in [3.63, 3.8) is 0 Å². The number of nitrogens with zero attached hydrogens (tertiary/aromatic N) is 2. The first-order valence-electron chi connectivity index (χ1n) is 6.51. The molecule has 1 aromatic heterocycles. The van der Waals surface area contributed by atoms with Crippen LogP contribution in [-0.2, 0) is 24.8 Å². The van der Waals surface area contributed by atoms with Crippen molar-refractivity contribution in [3.8, 4) is 0 Å². The van der Waals surface area contributed by atoms with Gasteiger partial charge in [0.25, 0.3) is 0 Å². The summed E-state index contributed by atoms with van der Waals surface area (Å²) in [4.78, 5) is 11.5. The Morgan fingerprint density at radius 2 is 2.22 bits per heavy atom. The van der Waals surface area contributed by atoms with E-state index in [1.165, 1.54) is 0 Å². The second-order valence-corrected chi connectivity index (χ2v) is 4.93. The summed E-state index contributed by atoms with van der Waals surface area (Å²) in [6.45, 7) is 8.01. The van der Waals surface area contributed by atoms with E-state index in [4.69, 9.17) is 0 Å². The summed E-state index contributed by atoms with van der Waals surface area (Å²) in [6.07, 6.45) is 2.91. The van der Waals surface area contributed by atoms with Crippen LogP contribution < -0.4 is 10.6 Å². The number of amides is 1. The number of carbonyl (C=O) groups excluding carboxylic acids is 1. The third kappa shape index (κ3) is 4.87. The topological polar surface area (TPSA) is 59.0 Å². The number of hydrogen-bond donors (Lipinski definition) is 2. The summed E-state index contributed by atoms with van der Waals surface area (Å²) in [5.74, 6) is 0.532. The highest BCUT2D eigenvalue weighted by Crippen LogP contribution is 2.06. The van der Waals surface area contributed by atoms with E-state index in [1.54, 1.807) is 0 Å². The van der Waals surface area contributed by atoms with Crippen molar-refractivity contribution in [1.29, 1.82) is 0 Å². The van der Waals surface area contributed by atoms with E-state index in [2.05, 4.69) is 36.5 Å². The van der Waals surface area contributed by atoms with E-state index < -0.39 is 0 Å². The molecule has 102 valence electrons. The number of nitrogens with one attached hydrogen (secondary N) is 2. The monoisotopic (exact) mass is 252 g/mol. The molecule has 1 rings (SSSR count). The minimum atomic E-state index is 0.0469. The normalized spacial score (nSPS) is 10.9. The maximum atomic E-state index is 11.5. The number of hydrogen-bond acceptors (Lipinski definition) is 3. The van der Waals surface area contributed by atoms with Crippen LogP contribution in [0.4, 0.5) is 0 Å². The van der Waals surface area contributed by atoms with Crippen molar-refractivity contribution >= 4 is 5.91 Å². The molecule has 0 aliphatic carbocycles. The van der Waals surface area contributed by atoms with Gasteiger partial charge in [-0.1, -0.05) is 20.8 Å². The highest BCUT2D eigenvalue weighted by molar-refractivity contribution is 5.77. The summed E-state index contributed by atoms with van der Waals surface area (Å²) in [5.41, 5.74) is 2.25. The molecule has 0 bridgehead atoms. The van der Waals surface area contributed by atoms with Gasteiger partial charge in [0.05, 0.1) is 12.2 Å². The van der Waals surface area contributed by atoms with Gasteiger partial charge in [0.15, 0.2) is 0 Å². The van der Waals surface area contributed by atoms with Gasteiger partial charge in [-0.25, -0.2) is 0 Å². The number of aryl methyl sites for hydroxylation is 2. The van der Waals surface area contributed by atoms with Crippen molar-refractivity contribution in [2.45, 2.75) is 33.7 Å². The Kier molecular flexibility index (Phi) is 5.85. The molecule has 1 heterocycles. The molecular weight excluding hydrogens is 228 g/mol. The quantitative estimate of drug-likeness (QED) is 0.756. The third-order valence-corrected chi connectivity index (χ3v) is 2.64. The Labute approximate surface area is 109 Å². The van der Waals surface area contributed by atoms with Crippen molar-refractivity contribution in [2.24, 2.45) is 13.0 Å². The molecule has 0 aliphatic rings. The van der Waals surface area contributed by atoms with Gasteiger partial charge in [-0.05, 0) is 12.3 Å². The molecular formula is C13H24N4O. The van der Waals surface area contributed by atoms with Crippen molar-refractivity contribution < 1.29 is 4.79 Å². The number of aromatic nitrogens is 2. The van der Waals surface area contributed by atoms with E-state index in [-0.39, 0.29) is 5.91 Å². The second kappa shape index (κ2) is 7.16. The molecule has 5 nitrogen and oxygen atoms in total. The molecule has 0 unspecified atom stereocenters. The summed E-state index contributed by atoms with van der Waals surface area (Å²) in [7, 11) is 1.91. The van der Waals surface area contributed by atoms with Gasteiger partial charge in [-0.2, -0.15) is 5.10 Å². The lowest BCUT2D eigenvalue weighted by molar-refractivity contribution is -0.120. The van der Waals surface area contributed by atoms with E-state index in [0.717, 1.165) is 24.2 Å². The first-order valence-corrected chi connectivity index (χ1v) is 6.51. The van der Waals surface area contributed by atoms with Crippen molar-refractivity contribution in [2.75, 3.05) is 13.1 Å². The average molecular weight is 252 g/mol. The highest BCUT2D eigenvalue weighted by atomic mass is 16.1. The molecule has 2 N–H and O–H groups in total. The van der Waals surface area contributed by atoms with Crippen LogP contribution in [0.1, 0.15) is 32.0 Å². The number of carbonyl (C=O) groups is 1. The fraction of sp³-hybridized carbons (Fsp3) is 0.692. The van der Waals surface area contributed by atoms with Crippen LogP contribution in [0.5, 0.6) is 0 Å². The molecule has 0 fully saturated rings. The lowest BCUT2D eigenvalue weighted by Crippen LogP contribution is -2.35. The van der Waals surface area contributed by atoms with Crippen LogP contribution in [0.2, 0.25) is 0 Å². The van der Waals surface area contributed by atoms with E-state index in [9.17, 15) is 4.79 Å². The molecule has 0 saturated carbocycles. The van der Waals surface area contributed by atoms with Crippen LogP contribution in [-0.4, -0.2) is 28.8 Å². The maximum absolute atomic E-state index is 11.5. The van der Waals surface area contributed by atoms with E-state index in [1.807, 2.05) is 17.9 Å². The molecule has 1 amide bonds. The van der Waals surface area contributed by atoms with Crippen molar-refractivity contribution in [3.05, 3.63) is 17.5 Å². The Morgan fingerprint density at radius 3 is 2.83 bits per heavy atom. The predicted octanol–water partition coefficient (Wildman–Crippen LogP) is 0.844. The lowest BCUT2D eigenvalue weighted by Gasteiger charge is -2.08. The third-order valence-electron chi connectivity index (χ3n) is 2.64. The van der Waals surface area contributed by atoms with Crippen LogP contribution in [0, 0.1) is 5.92 Å². The Balaban J connectivity index is 2.30. The Hall–Kier alpha value is -1.36. The maximum Gasteiger partial charge on any atom is 0.233 e. The SMILES string of the molecule is CCc1nn(C)cc1CNCC(=O)NCC(C)C. The van der Waals surface area contributed by atoms with Gasteiger partial charge < -0.3 is 10.6 Å². The molecule has 0 aromatic carbocycles. The standard InChI is InChI=1S/C13H24N4O/c1-5-12-11(9-17(4)16-12)7-14-8-13(18)15-6-10(2)3/h9-10,14H,5-8H2,1-4H3,(H,15,18). The Morgan fingerprint density at radius 1 is 1.50 bits per heavy atom. The first kappa shape index (κ1) is 14.7. The fourth-order valence-corrected chi connectivity index (χ4v) is 1.72. The second-order valence-electron chi connectivity index (χ2n) is 4.93. The minimum Gasteiger partial charge on any atom is -0.355 e. The van der Waals surface area contributed by atoms with Gasteiger partial charge in [-0.3, -0.25) is 9.48 Å². The molecule has 0 saturated heterocycles. The van der Waals surface area contributed by atoms with Gasteiger partial charge in [0, 0.05) is 31.9 Å². The van der Waals surface area contributed by atoms with Crippen molar-refractivity contribution in [1.82, 2.24) is 20.4 Å². The first-order chi connectivity index (χ1) is 8.52.